The molecule has 0 bridgehead atoms. The van der Waals surface area contributed by atoms with Crippen molar-refractivity contribution in [2.75, 3.05) is 13.8 Å². The lowest BCUT2D eigenvalue weighted by Crippen LogP contribution is -2.39. The summed E-state index contributed by atoms with van der Waals surface area (Å²) in [6, 6.07) is 0.551. The third-order valence-electron chi connectivity index (χ3n) is 6.97. The van der Waals surface area contributed by atoms with E-state index in [1.165, 1.54) is 36.8 Å². The van der Waals surface area contributed by atoms with Crippen LogP contribution >= 0.6 is 0 Å². The summed E-state index contributed by atoms with van der Waals surface area (Å²) in [6.07, 6.45) is 8.66. The van der Waals surface area contributed by atoms with Gasteiger partial charge in [-0.15, -0.1) is 6.58 Å². The van der Waals surface area contributed by atoms with Gasteiger partial charge in [-0.1, -0.05) is 58.3 Å². The van der Waals surface area contributed by atoms with Crippen LogP contribution in [0.25, 0.3) is 0 Å². The van der Waals surface area contributed by atoms with Crippen molar-refractivity contribution >= 4 is 0 Å². The molecule has 2 heteroatoms. The van der Waals surface area contributed by atoms with E-state index < -0.39 is 0 Å². The highest BCUT2D eigenvalue weighted by atomic mass is 16.5. The molecule has 1 fully saturated rings. The van der Waals surface area contributed by atoms with Crippen molar-refractivity contribution in [1.82, 2.24) is 4.90 Å². The van der Waals surface area contributed by atoms with Crippen LogP contribution in [0.4, 0.5) is 0 Å². The van der Waals surface area contributed by atoms with Crippen LogP contribution in [0, 0.1) is 23.7 Å². The van der Waals surface area contributed by atoms with E-state index in [1.807, 2.05) is 0 Å². The molecule has 158 valence electrons. The van der Waals surface area contributed by atoms with Crippen LogP contribution in [0.1, 0.15) is 86.5 Å². The van der Waals surface area contributed by atoms with Gasteiger partial charge in [-0.2, -0.15) is 0 Å². The highest BCUT2D eigenvalue weighted by Gasteiger charge is 2.36. The highest BCUT2D eigenvalue weighted by molar-refractivity contribution is 5.20. The summed E-state index contributed by atoms with van der Waals surface area (Å²) in [5.41, 5.74) is 2.73. The van der Waals surface area contributed by atoms with E-state index >= 15 is 0 Å². The highest BCUT2D eigenvalue weighted by Crippen LogP contribution is 2.46. The summed E-state index contributed by atoms with van der Waals surface area (Å²) >= 11 is 0. The Labute approximate surface area is 170 Å². The number of rotatable bonds is 15. The maximum atomic E-state index is 6.30. The first-order chi connectivity index (χ1) is 12.7. The van der Waals surface area contributed by atoms with Crippen LogP contribution in [-0.2, 0) is 4.74 Å². The average molecular weight is 378 g/mol. The molecule has 0 radical (unpaired) electrons. The minimum Gasteiger partial charge on any atom is -0.363 e. The summed E-state index contributed by atoms with van der Waals surface area (Å²) in [6.45, 7) is 22.9. The van der Waals surface area contributed by atoms with Crippen LogP contribution in [0.2, 0.25) is 0 Å². The van der Waals surface area contributed by atoms with Gasteiger partial charge in [0.05, 0.1) is 12.8 Å². The zero-order chi connectivity index (χ0) is 20.6. The molecule has 6 unspecified atom stereocenters. The Morgan fingerprint density at radius 3 is 2.33 bits per heavy atom. The fraction of sp³-hybridized carbons (Fsp3) is 0.840. The Kier molecular flexibility index (Phi) is 10.9. The Balaban J connectivity index is 2.48. The molecule has 0 aliphatic heterocycles. The van der Waals surface area contributed by atoms with Crippen LogP contribution in [-0.4, -0.2) is 30.8 Å². The molecule has 27 heavy (non-hydrogen) atoms. The fourth-order valence-corrected chi connectivity index (χ4v) is 4.32. The summed E-state index contributed by atoms with van der Waals surface area (Å²) in [5, 5.41) is 0. The van der Waals surface area contributed by atoms with Crippen molar-refractivity contribution in [3.63, 3.8) is 0 Å². The largest absolute Gasteiger partial charge is 0.363 e. The Morgan fingerprint density at radius 2 is 1.85 bits per heavy atom. The number of hydrogen-bond donors (Lipinski definition) is 0. The average Bonchev–Trinajstić information content (AvgIpc) is 3.36. The van der Waals surface area contributed by atoms with Crippen molar-refractivity contribution in [1.29, 1.82) is 0 Å². The summed E-state index contributed by atoms with van der Waals surface area (Å²) < 4.78 is 6.30. The van der Waals surface area contributed by atoms with Crippen molar-refractivity contribution in [3.05, 3.63) is 24.3 Å². The molecule has 0 aromatic heterocycles. The van der Waals surface area contributed by atoms with Crippen molar-refractivity contribution < 1.29 is 4.74 Å². The molecule has 0 N–H and O–H groups in total. The fourth-order valence-electron chi connectivity index (χ4n) is 4.32. The lowest BCUT2D eigenvalue weighted by molar-refractivity contribution is -0.0424. The smallest absolute Gasteiger partial charge is 0.0993 e. The van der Waals surface area contributed by atoms with Crippen molar-refractivity contribution in [3.8, 4) is 0 Å². The quantitative estimate of drug-likeness (QED) is 0.223. The summed E-state index contributed by atoms with van der Waals surface area (Å²) in [4.78, 5) is 2.42. The molecule has 0 spiro atoms. The number of ether oxygens (including phenoxy) is 1. The molecular formula is C25H47NO. The van der Waals surface area contributed by atoms with Gasteiger partial charge in [0.25, 0.3) is 0 Å². The second-order valence-electron chi connectivity index (χ2n) is 9.41. The van der Waals surface area contributed by atoms with Crippen LogP contribution < -0.4 is 0 Å². The van der Waals surface area contributed by atoms with Gasteiger partial charge in [0, 0.05) is 6.04 Å². The van der Waals surface area contributed by atoms with E-state index in [2.05, 4.69) is 66.6 Å². The Hall–Kier alpha value is -0.600. The van der Waals surface area contributed by atoms with Gasteiger partial charge in [0.2, 0.25) is 0 Å². The van der Waals surface area contributed by atoms with Gasteiger partial charge in [-0.3, -0.25) is 4.90 Å². The lowest BCUT2D eigenvalue weighted by Gasteiger charge is -2.35. The van der Waals surface area contributed by atoms with E-state index in [4.69, 9.17) is 4.74 Å². The van der Waals surface area contributed by atoms with E-state index in [-0.39, 0.29) is 0 Å². The SMILES string of the molecule is C=C(C)CCC(CCC)OCN(C)C(C)C(CC)CC(C)C(C)C1CC1=C. The number of hydrogen-bond acceptors (Lipinski definition) is 2. The Morgan fingerprint density at radius 1 is 1.22 bits per heavy atom. The molecule has 1 saturated carbocycles. The maximum absolute atomic E-state index is 6.30. The van der Waals surface area contributed by atoms with Crippen LogP contribution in [0.15, 0.2) is 24.3 Å². The van der Waals surface area contributed by atoms with E-state index in [0.29, 0.717) is 12.1 Å². The van der Waals surface area contributed by atoms with E-state index in [9.17, 15) is 0 Å². The molecule has 1 aliphatic carbocycles. The van der Waals surface area contributed by atoms with Crippen LogP contribution in [0.3, 0.4) is 0 Å². The van der Waals surface area contributed by atoms with Gasteiger partial charge in [0.1, 0.15) is 0 Å². The minimum atomic E-state index is 0.362. The van der Waals surface area contributed by atoms with Crippen LogP contribution in [0.5, 0.6) is 0 Å². The third kappa shape index (κ3) is 8.52. The van der Waals surface area contributed by atoms with Gasteiger partial charge < -0.3 is 4.74 Å². The van der Waals surface area contributed by atoms with Gasteiger partial charge in [-0.05, 0) is 76.7 Å². The molecule has 0 saturated heterocycles. The standard InChI is InChI=1S/C25H47NO/c1-10-12-24(14-13-18(3)4)27-17-26(9)22(8)23(11-2)15-19(5)21(7)25-16-20(25)6/h19,21-25H,3,6,10-17H2,1-2,4-5,7-9H3. The first-order valence-corrected chi connectivity index (χ1v) is 11.3. The molecule has 1 aliphatic rings. The molecule has 2 nitrogen and oxygen atoms in total. The topological polar surface area (TPSA) is 12.5 Å². The van der Waals surface area contributed by atoms with Gasteiger partial charge in [-0.25, -0.2) is 0 Å². The second kappa shape index (κ2) is 12.1. The molecule has 1 rings (SSSR count). The molecule has 6 atom stereocenters. The van der Waals surface area contributed by atoms with Crippen molar-refractivity contribution in [2.45, 2.75) is 98.6 Å². The lowest BCUT2D eigenvalue weighted by atomic mass is 9.80. The van der Waals surface area contributed by atoms with Gasteiger partial charge in [0.15, 0.2) is 0 Å². The zero-order valence-electron chi connectivity index (χ0n) is 19.4. The number of allylic oxidation sites excluding steroid dienone is 2. The number of nitrogens with zero attached hydrogens (tertiary/aromatic N) is 1. The van der Waals surface area contributed by atoms with Gasteiger partial charge >= 0.3 is 0 Å². The third-order valence-corrected chi connectivity index (χ3v) is 6.97. The van der Waals surface area contributed by atoms with Crippen molar-refractivity contribution in [2.24, 2.45) is 23.7 Å². The first kappa shape index (κ1) is 24.4. The predicted molar refractivity (Wildman–Crippen MR) is 120 cm³/mol. The zero-order valence-corrected chi connectivity index (χ0v) is 19.4. The van der Waals surface area contributed by atoms with E-state index in [0.717, 1.165) is 49.7 Å². The molecule has 0 aromatic rings. The Bertz CT molecular complexity index is 457. The normalized spacial score (nSPS) is 22.4. The molecule has 0 heterocycles. The summed E-state index contributed by atoms with van der Waals surface area (Å²) in [7, 11) is 2.23. The maximum Gasteiger partial charge on any atom is 0.0993 e. The molecule has 0 amide bonds. The second-order valence-corrected chi connectivity index (χ2v) is 9.41. The predicted octanol–water partition coefficient (Wildman–Crippen LogP) is 7.07. The first-order valence-electron chi connectivity index (χ1n) is 11.3. The molecular weight excluding hydrogens is 330 g/mol. The minimum absolute atomic E-state index is 0.362. The monoisotopic (exact) mass is 377 g/mol. The summed E-state index contributed by atoms with van der Waals surface area (Å²) in [5.74, 6) is 3.05. The van der Waals surface area contributed by atoms with E-state index in [1.54, 1.807) is 0 Å². The molecule has 0 aromatic carbocycles.